The molecule has 0 spiro atoms. The molecule has 4 unspecified atom stereocenters. The average molecular weight is 472 g/mol. The van der Waals surface area contributed by atoms with Crippen molar-refractivity contribution in [2.75, 3.05) is 13.1 Å². The van der Waals surface area contributed by atoms with Gasteiger partial charge in [0.05, 0.1) is 12.5 Å². The zero-order valence-electron chi connectivity index (χ0n) is 19.3. The fraction of sp³-hybridized carbons (Fsp3) is 0.762. The minimum absolute atomic E-state index is 0.115. The summed E-state index contributed by atoms with van der Waals surface area (Å²) in [7, 11) is 0. The first-order chi connectivity index (χ1) is 15.5. The van der Waals surface area contributed by atoms with Crippen LogP contribution < -0.4 is 22.1 Å². The largest absolute Gasteiger partial charge is 0.481 e. The minimum atomic E-state index is -1.44. The zero-order valence-corrected chi connectivity index (χ0v) is 19.3. The summed E-state index contributed by atoms with van der Waals surface area (Å²) in [6.07, 6.45) is 1.77. The smallest absolute Gasteiger partial charge is 0.326 e. The van der Waals surface area contributed by atoms with Crippen molar-refractivity contribution in [3.8, 4) is 0 Å². The number of aliphatic carboxylic acids is 2. The van der Waals surface area contributed by atoms with Gasteiger partial charge in [-0.15, -0.1) is 0 Å². The van der Waals surface area contributed by atoms with Gasteiger partial charge in [-0.1, -0.05) is 13.8 Å². The molecule has 1 fully saturated rings. The van der Waals surface area contributed by atoms with Crippen molar-refractivity contribution in [2.45, 2.75) is 83.0 Å². The van der Waals surface area contributed by atoms with Crippen LogP contribution in [0.3, 0.4) is 0 Å². The lowest BCUT2D eigenvalue weighted by molar-refractivity contribution is -0.149. The molecule has 0 aromatic rings. The van der Waals surface area contributed by atoms with Crippen molar-refractivity contribution in [3.05, 3.63) is 0 Å². The number of likely N-dealkylation sites (tertiary alicyclic amines) is 1. The Morgan fingerprint density at radius 1 is 1.03 bits per heavy atom. The maximum atomic E-state index is 13.1. The predicted molar refractivity (Wildman–Crippen MR) is 119 cm³/mol. The van der Waals surface area contributed by atoms with E-state index in [9.17, 15) is 34.2 Å². The zero-order chi connectivity index (χ0) is 25.1. The van der Waals surface area contributed by atoms with E-state index < -0.39 is 60.2 Å². The summed E-state index contributed by atoms with van der Waals surface area (Å²) in [5.74, 6) is -4.39. The Hall–Kier alpha value is -2.73. The standard InChI is InChI=1S/C21H37N5O7/c1-12(2)10-13(23)18(29)25-15(11-17(27)28)19(30)24-14(6-3-4-8-22)20(31)26-9-5-7-16(26)21(32)33/h12-16H,3-11,22-23H2,1-2H3,(H,24,30)(H,25,29)(H,27,28)(H,32,33). The van der Waals surface area contributed by atoms with Gasteiger partial charge in [0.15, 0.2) is 0 Å². The summed E-state index contributed by atoms with van der Waals surface area (Å²) in [6.45, 7) is 4.36. The van der Waals surface area contributed by atoms with Gasteiger partial charge in [0, 0.05) is 6.54 Å². The molecule has 1 aliphatic rings. The number of nitrogens with two attached hydrogens (primary N) is 2. The highest BCUT2D eigenvalue weighted by molar-refractivity contribution is 5.95. The number of carbonyl (C=O) groups is 5. The SMILES string of the molecule is CC(C)CC(N)C(=O)NC(CC(=O)O)C(=O)NC(CCCCN)C(=O)N1CCCC1C(=O)O. The third-order valence-electron chi connectivity index (χ3n) is 5.46. The molecule has 0 saturated carbocycles. The second-order valence-corrected chi connectivity index (χ2v) is 8.77. The van der Waals surface area contributed by atoms with Crippen molar-refractivity contribution in [1.29, 1.82) is 0 Å². The van der Waals surface area contributed by atoms with Crippen LogP contribution in [0.2, 0.25) is 0 Å². The van der Waals surface area contributed by atoms with Crippen LogP contribution in [0.5, 0.6) is 0 Å². The van der Waals surface area contributed by atoms with E-state index >= 15 is 0 Å². The lowest BCUT2D eigenvalue weighted by Crippen LogP contribution is -2.57. The molecule has 1 saturated heterocycles. The maximum absolute atomic E-state index is 13.1. The van der Waals surface area contributed by atoms with Gasteiger partial charge in [0.25, 0.3) is 0 Å². The molecular weight excluding hydrogens is 434 g/mol. The van der Waals surface area contributed by atoms with E-state index in [1.807, 2.05) is 13.8 Å². The molecule has 0 aromatic heterocycles. The molecule has 1 rings (SSSR count). The Kier molecular flexibility index (Phi) is 11.8. The van der Waals surface area contributed by atoms with E-state index in [0.717, 1.165) is 0 Å². The van der Waals surface area contributed by atoms with Crippen LogP contribution in [0.1, 0.15) is 58.8 Å². The molecule has 1 heterocycles. The number of nitrogens with zero attached hydrogens (tertiary/aromatic N) is 1. The normalized spacial score (nSPS) is 18.5. The summed E-state index contributed by atoms with van der Waals surface area (Å²) in [4.78, 5) is 62.3. The highest BCUT2D eigenvalue weighted by Gasteiger charge is 2.38. The summed E-state index contributed by atoms with van der Waals surface area (Å²) in [5.41, 5.74) is 11.3. The van der Waals surface area contributed by atoms with E-state index in [2.05, 4.69) is 10.6 Å². The van der Waals surface area contributed by atoms with Crippen molar-refractivity contribution in [1.82, 2.24) is 15.5 Å². The second kappa shape index (κ2) is 13.7. The number of carbonyl (C=O) groups excluding carboxylic acids is 3. The monoisotopic (exact) mass is 471 g/mol. The van der Waals surface area contributed by atoms with Crippen molar-refractivity contribution < 1.29 is 34.2 Å². The van der Waals surface area contributed by atoms with Gasteiger partial charge in [-0.05, 0) is 51.0 Å². The van der Waals surface area contributed by atoms with Gasteiger partial charge in [-0.2, -0.15) is 0 Å². The Morgan fingerprint density at radius 2 is 1.67 bits per heavy atom. The Morgan fingerprint density at radius 3 is 2.21 bits per heavy atom. The molecule has 0 aromatic carbocycles. The van der Waals surface area contributed by atoms with Crippen LogP contribution >= 0.6 is 0 Å². The van der Waals surface area contributed by atoms with Gasteiger partial charge in [-0.3, -0.25) is 19.2 Å². The molecule has 1 aliphatic heterocycles. The molecule has 0 bridgehead atoms. The highest BCUT2D eigenvalue weighted by Crippen LogP contribution is 2.20. The summed E-state index contributed by atoms with van der Waals surface area (Å²) in [5, 5.41) is 23.5. The fourth-order valence-electron chi connectivity index (χ4n) is 3.79. The maximum Gasteiger partial charge on any atom is 0.326 e. The molecule has 12 nitrogen and oxygen atoms in total. The Bertz CT molecular complexity index is 715. The summed E-state index contributed by atoms with van der Waals surface area (Å²) < 4.78 is 0. The number of unbranched alkanes of at least 4 members (excludes halogenated alkanes) is 1. The van der Waals surface area contributed by atoms with E-state index in [1.54, 1.807) is 0 Å². The van der Waals surface area contributed by atoms with Crippen LogP contribution in [0.25, 0.3) is 0 Å². The first-order valence-corrected chi connectivity index (χ1v) is 11.3. The van der Waals surface area contributed by atoms with Crippen LogP contribution in [-0.2, 0) is 24.0 Å². The third kappa shape index (κ3) is 9.34. The lowest BCUT2D eigenvalue weighted by Gasteiger charge is -2.29. The van der Waals surface area contributed by atoms with Gasteiger partial charge in [0.2, 0.25) is 17.7 Å². The number of hydrogen-bond donors (Lipinski definition) is 6. The molecule has 8 N–H and O–H groups in total. The summed E-state index contributed by atoms with van der Waals surface area (Å²) in [6, 6.07) is -4.40. The van der Waals surface area contributed by atoms with Gasteiger partial charge >= 0.3 is 11.9 Å². The first kappa shape index (κ1) is 28.3. The number of hydrogen-bond acceptors (Lipinski definition) is 7. The number of rotatable bonds is 14. The molecule has 0 aliphatic carbocycles. The molecule has 188 valence electrons. The van der Waals surface area contributed by atoms with Gasteiger partial charge in [-0.25, -0.2) is 4.79 Å². The van der Waals surface area contributed by atoms with Gasteiger partial charge in [0.1, 0.15) is 18.1 Å². The number of carboxylic acid groups (broad SMARTS) is 2. The second-order valence-electron chi connectivity index (χ2n) is 8.77. The van der Waals surface area contributed by atoms with Crippen molar-refractivity contribution in [3.63, 3.8) is 0 Å². The summed E-state index contributed by atoms with van der Waals surface area (Å²) >= 11 is 0. The number of carboxylic acids is 2. The van der Waals surface area contributed by atoms with Crippen molar-refractivity contribution in [2.24, 2.45) is 17.4 Å². The molecule has 3 amide bonds. The van der Waals surface area contributed by atoms with Crippen LogP contribution in [0, 0.1) is 5.92 Å². The Balaban J connectivity index is 2.99. The van der Waals surface area contributed by atoms with Gasteiger partial charge < -0.3 is 37.2 Å². The molecule has 33 heavy (non-hydrogen) atoms. The molecule has 4 atom stereocenters. The van der Waals surface area contributed by atoms with Crippen molar-refractivity contribution >= 4 is 29.7 Å². The lowest BCUT2D eigenvalue weighted by atomic mass is 10.0. The van der Waals surface area contributed by atoms with E-state index in [-0.39, 0.29) is 18.9 Å². The quantitative estimate of drug-likeness (QED) is 0.172. The van der Waals surface area contributed by atoms with E-state index in [4.69, 9.17) is 11.5 Å². The topological polar surface area (TPSA) is 205 Å². The third-order valence-corrected chi connectivity index (χ3v) is 5.46. The van der Waals surface area contributed by atoms with Crippen LogP contribution in [0.4, 0.5) is 0 Å². The molecular formula is C21H37N5O7. The van der Waals surface area contributed by atoms with E-state index in [1.165, 1.54) is 4.90 Å². The average Bonchev–Trinajstić information content (AvgIpc) is 3.21. The highest BCUT2D eigenvalue weighted by atomic mass is 16.4. The van der Waals surface area contributed by atoms with E-state index in [0.29, 0.717) is 38.6 Å². The number of nitrogens with one attached hydrogen (secondary N) is 2. The molecule has 0 radical (unpaired) electrons. The number of amides is 3. The fourth-order valence-corrected chi connectivity index (χ4v) is 3.79. The van der Waals surface area contributed by atoms with Crippen LogP contribution in [-0.4, -0.2) is 82.0 Å². The minimum Gasteiger partial charge on any atom is -0.481 e. The van der Waals surface area contributed by atoms with Crippen LogP contribution in [0.15, 0.2) is 0 Å². The predicted octanol–water partition coefficient (Wildman–Crippen LogP) is -0.991. The Labute approximate surface area is 193 Å². The first-order valence-electron chi connectivity index (χ1n) is 11.3. The molecule has 12 heteroatoms.